The third-order valence-electron chi connectivity index (χ3n) is 4.92. The number of thiazole rings is 1. The van der Waals surface area contributed by atoms with Crippen LogP contribution in [0.2, 0.25) is 0 Å². The molecule has 168 valence electrons. The third kappa shape index (κ3) is 6.66. The van der Waals surface area contributed by atoms with E-state index >= 15 is 0 Å². The Kier molecular flexibility index (Phi) is 8.74. The first-order valence-corrected chi connectivity index (χ1v) is 13.0. The number of amides is 2. The first-order chi connectivity index (χ1) is 14.9. The maximum absolute atomic E-state index is 12.5. The highest BCUT2D eigenvalue weighted by Crippen LogP contribution is 2.22. The molecule has 1 aliphatic rings. The molecule has 0 saturated carbocycles. The largest absolute Gasteiger partial charge is 0.465 e. The maximum Gasteiger partial charge on any atom is 0.326 e. The average molecular weight is 528 g/mol. The number of likely N-dealkylation sites (tertiary alicyclic amines) is 1. The Labute approximate surface area is 198 Å². The molecule has 7 nitrogen and oxygen atoms in total. The molecule has 1 aliphatic heterocycles. The van der Waals surface area contributed by atoms with E-state index in [0.29, 0.717) is 17.3 Å². The van der Waals surface area contributed by atoms with E-state index in [1.54, 1.807) is 11.5 Å². The number of carbonyl (C=O) groups excluding carboxylic acids is 3. The predicted octanol–water partition coefficient (Wildman–Crippen LogP) is 3.45. The van der Waals surface area contributed by atoms with Gasteiger partial charge in [0.15, 0.2) is 4.80 Å². The van der Waals surface area contributed by atoms with Gasteiger partial charge in [0.2, 0.25) is 5.91 Å². The summed E-state index contributed by atoms with van der Waals surface area (Å²) in [7, 11) is 0. The summed E-state index contributed by atoms with van der Waals surface area (Å²) in [5.41, 5.74) is 0.815. The number of piperidine rings is 1. The van der Waals surface area contributed by atoms with E-state index in [4.69, 9.17) is 4.74 Å². The maximum atomic E-state index is 12.5. The van der Waals surface area contributed by atoms with Crippen LogP contribution in [0.4, 0.5) is 0 Å². The molecular weight excluding hydrogens is 502 g/mol. The summed E-state index contributed by atoms with van der Waals surface area (Å²) in [4.78, 5) is 43.5. The van der Waals surface area contributed by atoms with E-state index in [1.807, 2.05) is 23.1 Å². The van der Waals surface area contributed by atoms with Gasteiger partial charge in [0.05, 0.1) is 28.3 Å². The molecule has 1 unspecified atom stereocenters. The number of halogens is 1. The SMILES string of the molecule is CCOC(=O)Cn1c(=NC(=O)CSCC(=O)N2CCCC(C)C2)sc2cc(Br)ccc21. The van der Waals surface area contributed by atoms with Crippen molar-refractivity contribution in [1.82, 2.24) is 9.47 Å². The number of aromatic nitrogens is 1. The van der Waals surface area contributed by atoms with E-state index < -0.39 is 0 Å². The minimum atomic E-state index is -0.380. The van der Waals surface area contributed by atoms with Gasteiger partial charge in [0, 0.05) is 17.6 Å². The predicted molar refractivity (Wildman–Crippen MR) is 127 cm³/mol. The molecule has 1 saturated heterocycles. The first kappa shape index (κ1) is 24.0. The Hall–Kier alpha value is -1.65. The highest BCUT2D eigenvalue weighted by molar-refractivity contribution is 9.10. The smallest absolute Gasteiger partial charge is 0.326 e. The Balaban J connectivity index is 1.69. The van der Waals surface area contributed by atoms with E-state index in [1.165, 1.54) is 23.1 Å². The van der Waals surface area contributed by atoms with Crippen molar-refractivity contribution in [2.45, 2.75) is 33.2 Å². The van der Waals surface area contributed by atoms with Gasteiger partial charge in [-0.1, -0.05) is 34.2 Å². The molecule has 0 radical (unpaired) electrons. The molecule has 1 aromatic heterocycles. The van der Waals surface area contributed by atoms with Crippen molar-refractivity contribution in [3.63, 3.8) is 0 Å². The Morgan fingerprint density at radius 2 is 2.13 bits per heavy atom. The topological polar surface area (TPSA) is 81.0 Å². The highest BCUT2D eigenvalue weighted by atomic mass is 79.9. The highest BCUT2D eigenvalue weighted by Gasteiger charge is 2.21. The monoisotopic (exact) mass is 527 g/mol. The molecule has 31 heavy (non-hydrogen) atoms. The van der Waals surface area contributed by atoms with E-state index in [0.717, 1.165) is 40.6 Å². The lowest BCUT2D eigenvalue weighted by atomic mass is 10.0. The molecule has 10 heteroatoms. The second-order valence-corrected chi connectivity index (χ2v) is 10.4. The van der Waals surface area contributed by atoms with Gasteiger partial charge < -0.3 is 14.2 Å². The molecule has 0 N–H and O–H groups in total. The quantitative estimate of drug-likeness (QED) is 0.515. The molecule has 3 rings (SSSR count). The minimum absolute atomic E-state index is 0.0135. The van der Waals surface area contributed by atoms with Gasteiger partial charge in [-0.25, -0.2) is 0 Å². The van der Waals surface area contributed by atoms with Crippen molar-refractivity contribution in [3.8, 4) is 0 Å². The number of nitrogens with zero attached hydrogens (tertiary/aromatic N) is 3. The van der Waals surface area contributed by atoms with Crippen LogP contribution in [0.3, 0.4) is 0 Å². The molecule has 2 heterocycles. The van der Waals surface area contributed by atoms with Crippen LogP contribution in [-0.4, -0.2) is 58.5 Å². The average Bonchev–Trinajstić information content (AvgIpc) is 3.03. The Bertz CT molecular complexity index is 1030. The van der Waals surface area contributed by atoms with Crippen LogP contribution in [0, 0.1) is 5.92 Å². The molecule has 0 spiro atoms. The molecule has 1 aromatic carbocycles. The van der Waals surface area contributed by atoms with Crippen LogP contribution in [0.25, 0.3) is 10.2 Å². The second kappa shape index (κ2) is 11.3. The number of hydrogen-bond donors (Lipinski definition) is 0. The fourth-order valence-electron chi connectivity index (χ4n) is 3.49. The van der Waals surface area contributed by atoms with Crippen LogP contribution in [-0.2, 0) is 25.7 Å². The molecule has 1 atom stereocenters. The summed E-state index contributed by atoms with van der Waals surface area (Å²) < 4.78 is 8.58. The van der Waals surface area contributed by atoms with E-state index in [9.17, 15) is 14.4 Å². The number of esters is 1. The standard InChI is InChI=1S/C21H26BrN3O4S2/c1-3-29-20(28)11-25-16-7-6-15(22)9-17(16)31-21(25)23-18(26)12-30-13-19(27)24-8-4-5-14(2)10-24/h6-7,9,14H,3-5,8,10-13H2,1-2H3. The van der Waals surface area contributed by atoms with Crippen molar-refractivity contribution >= 4 is 67.0 Å². The summed E-state index contributed by atoms with van der Waals surface area (Å²) >= 11 is 6.07. The summed E-state index contributed by atoms with van der Waals surface area (Å²) in [6.45, 7) is 5.78. The van der Waals surface area contributed by atoms with Gasteiger partial charge >= 0.3 is 5.97 Å². The zero-order chi connectivity index (χ0) is 22.4. The lowest BCUT2D eigenvalue weighted by Gasteiger charge is -2.30. The molecule has 2 amide bonds. The lowest BCUT2D eigenvalue weighted by molar-refractivity contribution is -0.143. The number of ether oxygens (including phenoxy) is 1. The van der Waals surface area contributed by atoms with E-state index in [-0.39, 0.29) is 35.8 Å². The number of carbonyl (C=O) groups is 3. The van der Waals surface area contributed by atoms with Crippen molar-refractivity contribution in [1.29, 1.82) is 0 Å². The zero-order valence-electron chi connectivity index (χ0n) is 17.6. The van der Waals surface area contributed by atoms with Gasteiger partial charge in [0.1, 0.15) is 6.54 Å². The van der Waals surface area contributed by atoms with Crippen LogP contribution >= 0.6 is 39.0 Å². The van der Waals surface area contributed by atoms with Crippen LogP contribution in [0.15, 0.2) is 27.7 Å². The summed E-state index contributed by atoms with van der Waals surface area (Å²) in [5, 5.41) is 0. The number of rotatable bonds is 7. The molecular formula is C21H26BrN3O4S2. The van der Waals surface area contributed by atoms with Crippen LogP contribution < -0.4 is 4.80 Å². The summed E-state index contributed by atoms with van der Waals surface area (Å²) in [6.07, 6.45) is 2.19. The molecule has 2 aromatic rings. The molecule has 0 aliphatic carbocycles. The van der Waals surface area contributed by atoms with Gasteiger partial charge in [-0.15, -0.1) is 11.8 Å². The van der Waals surface area contributed by atoms with E-state index in [2.05, 4.69) is 27.8 Å². The number of thioether (sulfide) groups is 1. The van der Waals surface area contributed by atoms with Crippen molar-refractivity contribution < 1.29 is 19.1 Å². The van der Waals surface area contributed by atoms with Gasteiger partial charge in [0.25, 0.3) is 5.91 Å². The lowest BCUT2D eigenvalue weighted by Crippen LogP contribution is -2.40. The summed E-state index contributed by atoms with van der Waals surface area (Å²) in [6, 6.07) is 5.69. The molecule has 1 fully saturated rings. The fraction of sp³-hybridized carbons (Fsp3) is 0.524. The van der Waals surface area contributed by atoms with Gasteiger partial charge in [-0.3, -0.25) is 14.4 Å². The van der Waals surface area contributed by atoms with Crippen molar-refractivity contribution in [3.05, 3.63) is 27.5 Å². The first-order valence-electron chi connectivity index (χ1n) is 10.2. The van der Waals surface area contributed by atoms with Gasteiger partial charge in [-0.05, 0) is 43.9 Å². The summed E-state index contributed by atoms with van der Waals surface area (Å²) in [5.74, 6) is 0.293. The normalized spacial score (nSPS) is 17.2. The van der Waals surface area contributed by atoms with Crippen LogP contribution in [0.5, 0.6) is 0 Å². The van der Waals surface area contributed by atoms with Crippen molar-refractivity contribution in [2.75, 3.05) is 31.2 Å². The number of fused-ring (bicyclic) bond motifs is 1. The second-order valence-electron chi connectivity index (χ2n) is 7.47. The van der Waals surface area contributed by atoms with Crippen LogP contribution in [0.1, 0.15) is 26.7 Å². The Morgan fingerprint density at radius 1 is 1.32 bits per heavy atom. The zero-order valence-corrected chi connectivity index (χ0v) is 20.9. The fourth-order valence-corrected chi connectivity index (χ4v) is 5.79. The minimum Gasteiger partial charge on any atom is -0.465 e. The van der Waals surface area contributed by atoms with Crippen molar-refractivity contribution in [2.24, 2.45) is 10.9 Å². The number of benzene rings is 1. The van der Waals surface area contributed by atoms with Gasteiger partial charge in [-0.2, -0.15) is 4.99 Å². The molecule has 0 bridgehead atoms. The third-order valence-corrected chi connectivity index (χ3v) is 7.36. The Morgan fingerprint density at radius 3 is 2.87 bits per heavy atom. The number of hydrogen-bond acceptors (Lipinski definition) is 6.